The lowest BCUT2D eigenvalue weighted by molar-refractivity contribution is -0.132. The predicted octanol–water partition coefficient (Wildman–Crippen LogP) is 0.369. The smallest absolute Gasteiger partial charge is 0.273 e. The number of nitrogens with zero attached hydrogens (tertiary/aromatic N) is 2. The van der Waals surface area contributed by atoms with Gasteiger partial charge in [0.25, 0.3) is 15.9 Å². The van der Waals surface area contributed by atoms with Gasteiger partial charge < -0.3 is 4.90 Å². The van der Waals surface area contributed by atoms with Crippen LogP contribution in [0.5, 0.6) is 0 Å². The van der Waals surface area contributed by atoms with Crippen LogP contribution in [0.15, 0.2) is 29.2 Å². The minimum absolute atomic E-state index is 0.0958. The van der Waals surface area contributed by atoms with E-state index in [1.165, 1.54) is 24.3 Å². The van der Waals surface area contributed by atoms with Crippen LogP contribution in [-0.4, -0.2) is 47.9 Å². The van der Waals surface area contributed by atoms with E-state index in [0.717, 1.165) is 0 Å². The average molecular weight is 322 g/mol. The molecule has 8 heteroatoms. The van der Waals surface area contributed by atoms with E-state index in [0.29, 0.717) is 16.4 Å². The Morgan fingerprint density at radius 2 is 1.59 bits per heavy atom. The number of hydrogen-bond donors (Lipinski definition) is 0. The van der Waals surface area contributed by atoms with E-state index < -0.39 is 21.8 Å². The Hall–Kier alpha value is -2.22. The first kappa shape index (κ1) is 14.7. The standard InChI is InChI=1S/C14H14N2O5S/c1-9-8-15(9)14(19)10-2-4-11(5-3-10)22(20,21)16-12(17)6-7-13(16)18/h2-5,9H,6-8H2,1H3. The van der Waals surface area contributed by atoms with Crippen LogP contribution >= 0.6 is 0 Å². The fraction of sp³-hybridized carbons (Fsp3) is 0.357. The van der Waals surface area contributed by atoms with Crippen molar-refractivity contribution in [2.45, 2.75) is 30.7 Å². The molecule has 0 aromatic heterocycles. The van der Waals surface area contributed by atoms with Crippen LogP contribution in [0.4, 0.5) is 0 Å². The lowest BCUT2D eigenvalue weighted by Crippen LogP contribution is -2.35. The Morgan fingerprint density at radius 3 is 2.05 bits per heavy atom. The molecule has 1 unspecified atom stereocenters. The summed E-state index contributed by atoms with van der Waals surface area (Å²) in [5, 5.41) is 0. The van der Waals surface area contributed by atoms with Gasteiger partial charge in [-0.05, 0) is 31.2 Å². The van der Waals surface area contributed by atoms with Gasteiger partial charge in [-0.1, -0.05) is 0 Å². The van der Waals surface area contributed by atoms with Crippen molar-refractivity contribution < 1.29 is 22.8 Å². The summed E-state index contributed by atoms with van der Waals surface area (Å²) in [5.74, 6) is -1.60. The Bertz CT molecular complexity index is 753. The summed E-state index contributed by atoms with van der Waals surface area (Å²) in [4.78, 5) is 36.6. The second-order valence-corrected chi connectivity index (χ2v) is 7.17. The third-order valence-corrected chi connectivity index (χ3v) is 5.52. The first-order valence-electron chi connectivity index (χ1n) is 6.84. The molecule has 1 aromatic rings. The molecule has 2 aliphatic rings. The summed E-state index contributed by atoms with van der Waals surface area (Å²) in [7, 11) is -4.19. The van der Waals surface area contributed by atoms with Gasteiger partial charge in [0.2, 0.25) is 11.8 Å². The molecule has 22 heavy (non-hydrogen) atoms. The molecule has 0 saturated carbocycles. The molecule has 0 spiro atoms. The summed E-state index contributed by atoms with van der Waals surface area (Å²) in [6, 6.07) is 5.48. The maximum Gasteiger partial charge on any atom is 0.273 e. The van der Waals surface area contributed by atoms with Crippen LogP contribution in [-0.2, 0) is 19.6 Å². The van der Waals surface area contributed by atoms with E-state index in [9.17, 15) is 22.8 Å². The van der Waals surface area contributed by atoms with Crippen LogP contribution in [0.25, 0.3) is 0 Å². The van der Waals surface area contributed by atoms with Crippen LogP contribution < -0.4 is 0 Å². The van der Waals surface area contributed by atoms with Crippen LogP contribution in [0, 0.1) is 0 Å². The highest BCUT2D eigenvalue weighted by molar-refractivity contribution is 7.90. The molecule has 1 atom stereocenters. The third kappa shape index (κ3) is 2.29. The summed E-state index contributed by atoms with van der Waals surface area (Å²) in [6.45, 7) is 2.61. The Balaban J connectivity index is 1.87. The number of rotatable bonds is 3. The largest absolute Gasteiger partial charge is 0.332 e. The lowest BCUT2D eigenvalue weighted by atomic mass is 10.2. The number of amides is 3. The van der Waals surface area contributed by atoms with Gasteiger partial charge in [0.15, 0.2) is 0 Å². The van der Waals surface area contributed by atoms with Gasteiger partial charge in [-0.15, -0.1) is 0 Å². The number of hydrogen-bond acceptors (Lipinski definition) is 5. The van der Waals surface area contributed by atoms with E-state index in [2.05, 4.69) is 0 Å². The number of carbonyl (C=O) groups is 3. The first-order valence-corrected chi connectivity index (χ1v) is 8.28. The zero-order valence-electron chi connectivity index (χ0n) is 11.9. The lowest BCUT2D eigenvalue weighted by Gasteiger charge is -2.14. The Morgan fingerprint density at radius 1 is 1.09 bits per heavy atom. The second kappa shape index (κ2) is 4.91. The maximum atomic E-state index is 12.3. The molecule has 3 rings (SSSR count). The van der Waals surface area contributed by atoms with Crippen molar-refractivity contribution >= 4 is 27.7 Å². The summed E-state index contributed by atoms with van der Waals surface area (Å²) < 4.78 is 25.0. The molecule has 0 aliphatic carbocycles. The summed E-state index contributed by atoms with van der Waals surface area (Å²) in [6.07, 6.45) is -0.192. The maximum absolute atomic E-state index is 12.3. The molecule has 2 fully saturated rings. The average Bonchev–Trinajstić information content (AvgIpc) is 3.11. The molecule has 0 radical (unpaired) electrons. The number of sulfonamides is 1. The molecule has 2 saturated heterocycles. The molecule has 2 aliphatic heterocycles. The second-order valence-electron chi connectivity index (χ2n) is 5.39. The highest BCUT2D eigenvalue weighted by Crippen LogP contribution is 2.25. The van der Waals surface area contributed by atoms with Crippen molar-refractivity contribution in [3.8, 4) is 0 Å². The van der Waals surface area contributed by atoms with Crippen LogP contribution in [0.1, 0.15) is 30.1 Å². The molecule has 0 N–H and O–H groups in total. The fourth-order valence-corrected chi connectivity index (χ4v) is 3.80. The number of benzene rings is 1. The van der Waals surface area contributed by atoms with Crippen molar-refractivity contribution in [1.82, 2.24) is 9.21 Å². The molecular weight excluding hydrogens is 308 g/mol. The van der Waals surface area contributed by atoms with Gasteiger partial charge in [0, 0.05) is 31.0 Å². The zero-order chi connectivity index (χ0) is 16.1. The zero-order valence-corrected chi connectivity index (χ0v) is 12.7. The van der Waals surface area contributed by atoms with E-state index in [1.54, 1.807) is 4.90 Å². The van der Waals surface area contributed by atoms with Gasteiger partial charge in [-0.3, -0.25) is 14.4 Å². The molecule has 2 heterocycles. The highest BCUT2D eigenvalue weighted by Gasteiger charge is 2.40. The van der Waals surface area contributed by atoms with Gasteiger partial charge in [0.05, 0.1) is 4.90 Å². The van der Waals surface area contributed by atoms with E-state index in [4.69, 9.17) is 0 Å². The fourth-order valence-electron chi connectivity index (χ4n) is 2.39. The quantitative estimate of drug-likeness (QED) is 0.592. The summed E-state index contributed by atoms with van der Waals surface area (Å²) >= 11 is 0. The van der Waals surface area contributed by atoms with Gasteiger partial charge in [0.1, 0.15) is 0 Å². The monoisotopic (exact) mass is 322 g/mol. The van der Waals surface area contributed by atoms with Crippen molar-refractivity contribution in [3.63, 3.8) is 0 Å². The molecule has 7 nitrogen and oxygen atoms in total. The molecule has 1 aromatic carbocycles. The van der Waals surface area contributed by atoms with Crippen molar-refractivity contribution in [2.75, 3.05) is 6.54 Å². The predicted molar refractivity (Wildman–Crippen MR) is 75.2 cm³/mol. The normalized spacial score (nSPS) is 21.4. The van der Waals surface area contributed by atoms with Gasteiger partial charge >= 0.3 is 0 Å². The molecular formula is C14H14N2O5S. The van der Waals surface area contributed by atoms with E-state index in [1.807, 2.05) is 6.92 Å². The Labute approximate surface area is 127 Å². The molecule has 3 amide bonds. The minimum atomic E-state index is -4.19. The van der Waals surface area contributed by atoms with E-state index >= 15 is 0 Å². The van der Waals surface area contributed by atoms with Crippen molar-refractivity contribution in [2.24, 2.45) is 0 Å². The highest BCUT2D eigenvalue weighted by atomic mass is 32.2. The number of carbonyl (C=O) groups excluding carboxylic acids is 3. The van der Waals surface area contributed by atoms with Gasteiger partial charge in [-0.25, -0.2) is 8.42 Å². The first-order chi connectivity index (χ1) is 10.3. The molecule has 116 valence electrons. The summed E-state index contributed by atoms with van der Waals surface area (Å²) in [5.41, 5.74) is 0.377. The number of imide groups is 1. The van der Waals surface area contributed by atoms with Gasteiger partial charge in [-0.2, -0.15) is 4.31 Å². The van der Waals surface area contributed by atoms with Crippen LogP contribution in [0.3, 0.4) is 0 Å². The van der Waals surface area contributed by atoms with E-state index in [-0.39, 0.29) is 29.7 Å². The third-order valence-electron chi connectivity index (χ3n) is 3.77. The van der Waals surface area contributed by atoms with Crippen LogP contribution in [0.2, 0.25) is 0 Å². The minimum Gasteiger partial charge on any atom is -0.332 e. The van der Waals surface area contributed by atoms with Crippen molar-refractivity contribution in [1.29, 1.82) is 0 Å². The van der Waals surface area contributed by atoms with Crippen molar-refractivity contribution in [3.05, 3.63) is 29.8 Å². The SMILES string of the molecule is CC1CN1C(=O)c1ccc(S(=O)(=O)N2C(=O)CCC2=O)cc1. The molecule has 0 bridgehead atoms. The topological polar surface area (TPSA) is 91.6 Å². The Kier molecular flexibility index (Phi) is 3.28.